The van der Waals surface area contributed by atoms with E-state index in [1.165, 1.54) is 6.07 Å². The quantitative estimate of drug-likeness (QED) is 0.724. The summed E-state index contributed by atoms with van der Waals surface area (Å²) in [5.41, 5.74) is -0.114. The number of hydrogen-bond donors (Lipinski definition) is 0. The van der Waals surface area contributed by atoms with Crippen LogP contribution < -0.4 is 0 Å². The fourth-order valence-electron chi connectivity index (χ4n) is 1.59. The number of ether oxygens (including phenoxy) is 1. The van der Waals surface area contributed by atoms with Crippen LogP contribution in [0, 0.1) is 0 Å². The van der Waals surface area contributed by atoms with E-state index in [0.29, 0.717) is 18.1 Å². The van der Waals surface area contributed by atoms with Gasteiger partial charge in [-0.25, -0.2) is 4.99 Å². The van der Waals surface area contributed by atoms with Crippen molar-refractivity contribution in [2.75, 3.05) is 6.61 Å². The van der Waals surface area contributed by atoms with E-state index in [1.54, 1.807) is 13.0 Å². The molecule has 0 amide bonds. The smallest absolute Gasteiger partial charge is 0.416 e. The molecule has 0 aromatic heterocycles. The van der Waals surface area contributed by atoms with E-state index in [9.17, 15) is 13.2 Å². The summed E-state index contributed by atoms with van der Waals surface area (Å²) in [4.78, 5) is 4.11. The highest BCUT2D eigenvalue weighted by molar-refractivity contribution is 5.75. The molecule has 0 saturated carbocycles. The Morgan fingerprint density at radius 2 is 2.12 bits per heavy atom. The molecule has 1 aromatic carbocycles. The molecule has 1 heterocycles. The predicted octanol–water partition coefficient (Wildman–Crippen LogP) is 3.20. The van der Waals surface area contributed by atoms with Gasteiger partial charge in [-0.15, -0.1) is 0 Å². The van der Waals surface area contributed by atoms with Gasteiger partial charge in [0.2, 0.25) is 0 Å². The van der Waals surface area contributed by atoms with Crippen molar-refractivity contribution in [3.05, 3.63) is 35.4 Å². The van der Waals surface area contributed by atoms with Gasteiger partial charge in [-0.05, 0) is 17.7 Å². The predicted molar refractivity (Wildman–Crippen MR) is 53.2 cm³/mol. The van der Waals surface area contributed by atoms with Gasteiger partial charge in [0.15, 0.2) is 5.90 Å². The molecule has 0 spiro atoms. The average Bonchev–Trinajstić information content (AvgIpc) is 2.64. The van der Waals surface area contributed by atoms with Crippen LogP contribution in [-0.2, 0) is 10.9 Å². The fourth-order valence-corrected chi connectivity index (χ4v) is 1.59. The molecule has 0 N–H and O–H groups in total. The second-order valence-electron chi connectivity index (χ2n) is 3.60. The Morgan fingerprint density at radius 1 is 1.38 bits per heavy atom. The molecule has 0 fully saturated rings. The third kappa shape index (κ3) is 2.18. The normalized spacial score (nSPS) is 20.5. The summed E-state index contributed by atoms with van der Waals surface area (Å²) in [6.07, 6.45) is -4.31. The second-order valence-corrected chi connectivity index (χ2v) is 3.60. The molecule has 86 valence electrons. The van der Waals surface area contributed by atoms with Gasteiger partial charge in [-0.3, -0.25) is 0 Å². The Labute approximate surface area is 90.8 Å². The second kappa shape index (κ2) is 3.81. The lowest BCUT2D eigenvalue weighted by Gasteiger charge is -2.10. The van der Waals surface area contributed by atoms with Crippen LogP contribution in [0.4, 0.5) is 13.2 Å². The SMILES string of the molecule is CC1=NC(c2cccc(C(F)(F)F)c2)CO1. The van der Waals surface area contributed by atoms with Crippen molar-refractivity contribution in [1.82, 2.24) is 0 Å². The molecular weight excluding hydrogens is 219 g/mol. The van der Waals surface area contributed by atoms with Crippen LogP contribution in [0.25, 0.3) is 0 Å². The lowest BCUT2D eigenvalue weighted by atomic mass is 10.1. The summed E-state index contributed by atoms with van der Waals surface area (Å²) in [5.74, 6) is 0.516. The molecule has 1 aromatic rings. The van der Waals surface area contributed by atoms with Crippen molar-refractivity contribution in [2.45, 2.75) is 19.1 Å². The van der Waals surface area contributed by atoms with E-state index in [0.717, 1.165) is 12.1 Å². The van der Waals surface area contributed by atoms with E-state index in [-0.39, 0.29) is 6.04 Å². The van der Waals surface area contributed by atoms with Crippen LogP contribution >= 0.6 is 0 Å². The molecule has 1 unspecified atom stereocenters. The number of nitrogens with zero attached hydrogens (tertiary/aromatic N) is 1. The first-order valence-corrected chi connectivity index (χ1v) is 4.81. The highest BCUT2D eigenvalue weighted by atomic mass is 19.4. The maximum Gasteiger partial charge on any atom is 0.416 e. The number of hydrogen-bond acceptors (Lipinski definition) is 2. The third-order valence-electron chi connectivity index (χ3n) is 2.39. The number of alkyl halides is 3. The molecule has 0 bridgehead atoms. The summed E-state index contributed by atoms with van der Waals surface area (Å²) in [6, 6.07) is 4.88. The minimum absolute atomic E-state index is 0.313. The summed E-state index contributed by atoms with van der Waals surface area (Å²) in [7, 11) is 0. The van der Waals surface area contributed by atoms with Gasteiger partial charge in [0.25, 0.3) is 0 Å². The molecular formula is C11H10F3NO. The summed E-state index contributed by atoms with van der Waals surface area (Å²) in [6.45, 7) is 2.00. The number of aliphatic imine (C=N–C) groups is 1. The van der Waals surface area contributed by atoms with Crippen molar-refractivity contribution in [2.24, 2.45) is 4.99 Å². The molecule has 1 atom stereocenters. The van der Waals surface area contributed by atoms with Gasteiger partial charge in [0.05, 0.1) is 5.56 Å². The van der Waals surface area contributed by atoms with Gasteiger partial charge in [0, 0.05) is 6.92 Å². The highest BCUT2D eigenvalue weighted by Gasteiger charge is 2.31. The van der Waals surface area contributed by atoms with Crippen molar-refractivity contribution in [3.8, 4) is 0 Å². The van der Waals surface area contributed by atoms with Crippen molar-refractivity contribution in [1.29, 1.82) is 0 Å². The van der Waals surface area contributed by atoms with Crippen LogP contribution in [0.3, 0.4) is 0 Å². The molecule has 5 heteroatoms. The van der Waals surface area contributed by atoms with Crippen LogP contribution in [0.15, 0.2) is 29.3 Å². The summed E-state index contributed by atoms with van der Waals surface area (Å²) in [5, 5.41) is 0. The van der Waals surface area contributed by atoms with Gasteiger partial charge in [-0.1, -0.05) is 12.1 Å². The Bertz CT molecular complexity index is 425. The standard InChI is InChI=1S/C11H10F3NO/c1-7-15-10(6-16-7)8-3-2-4-9(5-8)11(12,13)14/h2-5,10H,6H2,1H3. The Kier molecular flexibility index (Phi) is 2.61. The van der Waals surface area contributed by atoms with E-state index < -0.39 is 11.7 Å². The maximum atomic E-state index is 12.5. The van der Waals surface area contributed by atoms with Crippen LogP contribution in [-0.4, -0.2) is 12.5 Å². The molecule has 0 saturated heterocycles. The van der Waals surface area contributed by atoms with E-state index in [2.05, 4.69) is 4.99 Å². The van der Waals surface area contributed by atoms with Gasteiger partial charge in [0.1, 0.15) is 12.6 Å². The molecule has 0 aliphatic carbocycles. The molecule has 2 rings (SSSR count). The van der Waals surface area contributed by atoms with Crippen LogP contribution in [0.5, 0.6) is 0 Å². The lowest BCUT2D eigenvalue weighted by molar-refractivity contribution is -0.137. The maximum absolute atomic E-state index is 12.5. The minimum atomic E-state index is -4.31. The minimum Gasteiger partial charge on any atom is -0.479 e. The lowest BCUT2D eigenvalue weighted by Crippen LogP contribution is -2.06. The van der Waals surface area contributed by atoms with E-state index in [4.69, 9.17) is 4.74 Å². The number of benzene rings is 1. The molecule has 1 aliphatic heterocycles. The van der Waals surface area contributed by atoms with Gasteiger partial charge < -0.3 is 4.74 Å². The van der Waals surface area contributed by atoms with Gasteiger partial charge >= 0.3 is 6.18 Å². The average molecular weight is 229 g/mol. The van der Waals surface area contributed by atoms with Crippen molar-refractivity contribution in [3.63, 3.8) is 0 Å². The topological polar surface area (TPSA) is 21.6 Å². The number of rotatable bonds is 1. The van der Waals surface area contributed by atoms with Gasteiger partial charge in [-0.2, -0.15) is 13.2 Å². The molecule has 1 aliphatic rings. The largest absolute Gasteiger partial charge is 0.479 e. The summed E-state index contributed by atoms with van der Waals surface area (Å²) >= 11 is 0. The highest BCUT2D eigenvalue weighted by Crippen LogP contribution is 2.32. The van der Waals surface area contributed by atoms with E-state index >= 15 is 0 Å². The fraction of sp³-hybridized carbons (Fsp3) is 0.364. The van der Waals surface area contributed by atoms with Crippen molar-refractivity contribution < 1.29 is 17.9 Å². The summed E-state index contributed by atoms with van der Waals surface area (Å²) < 4.78 is 42.5. The Balaban J connectivity index is 2.30. The van der Waals surface area contributed by atoms with Crippen LogP contribution in [0.1, 0.15) is 24.1 Å². The monoisotopic (exact) mass is 229 g/mol. The first kappa shape index (κ1) is 11.0. The molecule has 0 radical (unpaired) electrons. The Morgan fingerprint density at radius 3 is 2.69 bits per heavy atom. The zero-order valence-corrected chi connectivity index (χ0v) is 8.58. The van der Waals surface area contributed by atoms with Crippen molar-refractivity contribution >= 4 is 5.90 Å². The molecule has 16 heavy (non-hydrogen) atoms. The first-order chi connectivity index (χ1) is 7.47. The van der Waals surface area contributed by atoms with Crippen LogP contribution in [0.2, 0.25) is 0 Å². The zero-order valence-electron chi connectivity index (χ0n) is 8.58. The zero-order chi connectivity index (χ0) is 11.8. The Hall–Kier alpha value is -1.52. The first-order valence-electron chi connectivity index (χ1n) is 4.81. The molecule has 2 nitrogen and oxygen atoms in total. The number of halogens is 3. The third-order valence-corrected chi connectivity index (χ3v) is 2.39. The van der Waals surface area contributed by atoms with E-state index in [1.807, 2.05) is 0 Å².